The summed E-state index contributed by atoms with van der Waals surface area (Å²) in [5.74, 6) is -0.105. The second-order valence-electron chi connectivity index (χ2n) is 6.66. The predicted octanol–water partition coefficient (Wildman–Crippen LogP) is 0.466. The molecule has 1 aliphatic rings. The third-order valence-electron chi connectivity index (χ3n) is 4.85. The van der Waals surface area contributed by atoms with Crippen LogP contribution in [0.25, 0.3) is 0 Å². The standard InChI is InChI=1S/C19H22N4O4/c1-12-16(18(26)21-19(27)20-12)11-17(25)23-9-7-22(8-10-23)15-5-3-14(4-6-15)13(2)24/h3-6H,7-11H2,1-2H3,(H2,20,21,26,27). The van der Waals surface area contributed by atoms with Crippen molar-refractivity contribution in [2.75, 3.05) is 31.1 Å². The Balaban J connectivity index is 1.62. The summed E-state index contributed by atoms with van der Waals surface area (Å²) in [5.41, 5.74) is 1.31. The number of hydrogen-bond donors (Lipinski definition) is 2. The van der Waals surface area contributed by atoms with E-state index in [1.807, 2.05) is 12.1 Å². The molecule has 142 valence electrons. The van der Waals surface area contributed by atoms with Crippen LogP contribution in [-0.4, -0.2) is 52.7 Å². The molecule has 0 atom stereocenters. The molecule has 0 bridgehead atoms. The number of hydrogen-bond acceptors (Lipinski definition) is 5. The summed E-state index contributed by atoms with van der Waals surface area (Å²) >= 11 is 0. The van der Waals surface area contributed by atoms with E-state index in [2.05, 4.69) is 14.9 Å². The molecule has 3 rings (SSSR count). The van der Waals surface area contributed by atoms with Gasteiger partial charge in [0.15, 0.2) is 5.78 Å². The second-order valence-corrected chi connectivity index (χ2v) is 6.66. The van der Waals surface area contributed by atoms with Crippen molar-refractivity contribution < 1.29 is 9.59 Å². The molecule has 1 fully saturated rings. The normalized spacial score (nSPS) is 14.3. The number of H-pyrrole nitrogens is 2. The van der Waals surface area contributed by atoms with Crippen LogP contribution in [0, 0.1) is 6.92 Å². The van der Waals surface area contributed by atoms with Crippen LogP contribution < -0.4 is 16.1 Å². The maximum atomic E-state index is 12.5. The van der Waals surface area contributed by atoms with E-state index in [0.29, 0.717) is 43.0 Å². The van der Waals surface area contributed by atoms with E-state index in [9.17, 15) is 19.2 Å². The maximum absolute atomic E-state index is 12.5. The van der Waals surface area contributed by atoms with Crippen LogP contribution in [0.1, 0.15) is 28.5 Å². The monoisotopic (exact) mass is 370 g/mol. The quantitative estimate of drug-likeness (QED) is 0.761. The number of aryl methyl sites for hydroxylation is 1. The molecule has 1 amide bonds. The van der Waals surface area contributed by atoms with Crippen molar-refractivity contribution in [3.63, 3.8) is 0 Å². The zero-order valence-corrected chi connectivity index (χ0v) is 15.4. The first kappa shape index (κ1) is 18.6. The summed E-state index contributed by atoms with van der Waals surface area (Å²) < 4.78 is 0. The molecule has 27 heavy (non-hydrogen) atoms. The summed E-state index contributed by atoms with van der Waals surface area (Å²) in [7, 11) is 0. The van der Waals surface area contributed by atoms with Crippen molar-refractivity contribution in [1.82, 2.24) is 14.9 Å². The van der Waals surface area contributed by atoms with Crippen LogP contribution in [-0.2, 0) is 11.2 Å². The molecule has 0 saturated carbocycles. The van der Waals surface area contributed by atoms with E-state index in [-0.39, 0.29) is 18.1 Å². The highest BCUT2D eigenvalue weighted by atomic mass is 16.2. The van der Waals surface area contributed by atoms with E-state index >= 15 is 0 Å². The van der Waals surface area contributed by atoms with Gasteiger partial charge in [-0.05, 0) is 38.1 Å². The lowest BCUT2D eigenvalue weighted by Crippen LogP contribution is -2.49. The maximum Gasteiger partial charge on any atom is 0.325 e. The van der Waals surface area contributed by atoms with Gasteiger partial charge in [0.2, 0.25) is 5.91 Å². The smallest absolute Gasteiger partial charge is 0.325 e. The molecule has 1 aromatic heterocycles. The van der Waals surface area contributed by atoms with Gasteiger partial charge in [-0.2, -0.15) is 0 Å². The van der Waals surface area contributed by atoms with Crippen molar-refractivity contribution in [2.24, 2.45) is 0 Å². The number of Topliss-reactive ketones (excluding diaryl/α,β-unsaturated/α-hetero) is 1. The zero-order valence-electron chi connectivity index (χ0n) is 15.4. The van der Waals surface area contributed by atoms with Crippen molar-refractivity contribution >= 4 is 17.4 Å². The Hall–Kier alpha value is -3.16. The Morgan fingerprint density at radius 2 is 1.63 bits per heavy atom. The molecule has 1 aliphatic heterocycles. The topological polar surface area (TPSA) is 106 Å². The van der Waals surface area contributed by atoms with Crippen molar-refractivity contribution in [3.8, 4) is 0 Å². The van der Waals surface area contributed by atoms with E-state index in [1.165, 1.54) is 6.92 Å². The number of ketones is 1. The highest BCUT2D eigenvalue weighted by Crippen LogP contribution is 2.18. The minimum absolute atomic E-state index is 0.0319. The average Bonchev–Trinajstić information content (AvgIpc) is 2.64. The lowest BCUT2D eigenvalue weighted by atomic mass is 10.1. The van der Waals surface area contributed by atoms with Crippen LogP contribution in [0.4, 0.5) is 5.69 Å². The number of nitrogens with zero attached hydrogens (tertiary/aromatic N) is 2. The molecule has 0 aliphatic carbocycles. The van der Waals surface area contributed by atoms with Gasteiger partial charge in [0.05, 0.1) is 6.42 Å². The number of aromatic nitrogens is 2. The molecule has 8 nitrogen and oxygen atoms in total. The Morgan fingerprint density at radius 3 is 2.19 bits per heavy atom. The molecule has 1 saturated heterocycles. The van der Waals surface area contributed by atoms with Gasteiger partial charge in [-0.25, -0.2) is 4.79 Å². The second kappa shape index (κ2) is 7.61. The number of benzene rings is 1. The molecule has 2 N–H and O–H groups in total. The summed E-state index contributed by atoms with van der Waals surface area (Å²) in [4.78, 5) is 55.6. The number of carbonyl (C=O) groups excluding carboxylic acids is 2. The fraction of sp³-hybridized carbons (Fsp3) is 0.368. The Kier molecular flexibility index (Phi) is 5.25. The molecular formula is C19H22N4O4. The van der Waals surface area contributed by atoms with Gasteiger partial charge in [-0.15, -0.1) is 0 Å². The van der Waals surface area contributed by atoms with Crippen molar-refractivity contribution in [2.45, 2.75) is 20.3 Å². The van der Waals surface area contributed by atoms with Gasteiger partial charge < -0.3 is 14.8 Å². The summed E-state index contributed by atoms with van der Waals surface area (Å²) in [6.07, 6.45) is -0.0365. The SMILES string of the molecule is CC(=O)c1ccc(N2CCN(C(=O)Cc3c(C)[nH]c(=O)[nH]c3=O)CC2)cc1. The molecule has 1 aromatic carbocycles. The molecule has 0 spiro atoms. The van der Waals surface area contributed by atoms with Crippen LogP contribution >= 0.6 is 0 Å². The van der Waals surface area contributed by atoms with Gasteiger partial charge in [-0.1, -0.05) is 0 Å². The Morgan fingerprint density at radius 1 is 1.00 bits per heavy atom. The number of amides is 1. The first-order valence-electron chi connectivity index (χ1n) is 8.81. The summed E-state index contributed by atoms with van der Waals surface area (Å²) in [6, 6.07) is 7.44. The summed E-state index contributed by atoms with van der Waals surface area (Å²) in [6.45, 7) is 5.59. The number of nitrogens with one attached hydrogen (secondary N) is 2. The third kappa shape index (κ3) is 4.16. The molecule has 2 aromatic rings. The predicted molar refractivity (Wildman–Crippen MR) is 101 cm³/mol. The minimum Gasteiger partial charge on any atom is -0.368 e. The number of piperazine rings is 1. The molecule has 2 heterocycles. The Labute approximate surface area is 155 Å². The van der Waals surface area contributed by atoms with E-state index in [4.69, 9.17) is 0 Å². The molecule has 0 radical (unpaired) electrons. The molecule has 8 heteroatoms. The first-order valence-corrected chi connectivity index (χ1v) is 8.81. The third-order valence-corrected chi connectivity index (χ3v) is 4.85. The highest BCUT2D eigenvalue weighted by Gasteiger charge is 2.23. The van der Waals surface area contributed by atoms with Crippen LogP contribution in [0.15, 0.2) is 33.9 Å². The summed E-state index contributed by atoms with van der Waals surface area (Å²) in [5, 5.41) is 0. The van der Waals surface area contributed by atoms with Gasteiger partial charge in [0.1, 0.15) is 0 Å². The van der Waals surface area contributed by atoms with Crippen molar-refractivity contribution in [3.05, 3.63) is 61.9 Å². The lowest BCUT2D eigenvalue weighted by Gasteiger charge is -2.36. The zero-order chi connectivity index (χ0) is 19.6. The molecular weight excluding hydrogens is 348 g/mol. The van der Waals surface area contributed by atoms with E-state index in [0.717, 1.165) is 5.69 Å². The fourth-order valence-corrected chi connectivity index (χ4v) is 3.22. The van der Waals surface area contributed by atoms with Gasteiger partial charge in [-0.3, -0.25) is 19.4 Å². The van der Waals surface area contributed by atoms with E-state index in [1.54, 1.807) is 24.0 Å². The minimum atomic E-state index is -0.571. The van der Waals surface area contributed by atoms with Gasteiger partial charge in [0, 0.05) is 48.7 Å². The Bertz CT molecular complexity index is 966. The van der Waals surface area contributed by atoms with Crippen molar-refractivity contribution in [1.29, 1.82) is 0 Å². The number of rotatable bonds is 4. The molecule has 0 unspecified atom stereocenters. The number of anilines is 1. The van der Waals surface area contributed by atoms with Gasteiger partial charge >= 0.3 is 5.69 Å². The number of aromatic amines is 2. The fourth-order valence-electron chi connectivity index (χ4n) is 3.22. The van der Waals surface area contributed by atoms with Crippen LogP contribution in [0.5, 0.6) is 0 Å². The first-order chi connectivity index (χ1) is 12.8. The largest absolute Gasteiger partial charge is 0.368 e. The number of carbonyl (C=O) groups is 2. The van der Waals surface area contributed by atoms with E-state index < -0.39 is 11.2 Å². The highest BCUT2D eigenvalue weighted by molar-refractivity contribution is 5.94. The lowest BCUT2D eigenvalue weighted by molar-refractivity contribution is -0.130. The van der Waals surface area contributed by atoms with Gasteiger partial charge in [0.25, 0.3) is 5.56 Å². The average molecular weight is 370 g/mol. The van der Waals surface area contributed by atoms with Crippen LogP contribution in [0.2, 0.25) is 0 Å². The van der Waals surface area contributed by atoms with Crippen LogP contribution in [0.3, 0.4) is 0 Å².